The smallest absolute Gasteiger partial charge is 0.407 e. The Morgan fingerprint density at radius 1 is 1.06 bits per heavy atom. The number of carboxylic acid groups (broad SMARTS) is 1. The molecule has 1 heterocycles. The highest BCUT2D eigenvalue weighted by molar-refractivity contribution is 5.86. The maximum Gasteiger partial charge on any atom is 0.407 e. The van der Waals surface area contributed by atoms with Gasteiger partial charge in [-0.15, -0.1) is 0 Å². The Labute approximate surface area is 192 Å². The standard InChI is InChI=1S/C25H28N2O6/c1-2-7-22(24(30)27-12-16(13-27)32-15-23(28)29)26-25(31)33-14-21-19-10-5-3-8-17(19)18-9-4-6-11-20(18)21/h3-6,8-11,16,21-22H,2,7,12-15H2,1H3,(H,26,31)(H,28,29)/t22-/m1/s1. The number of alkyl carbamates (subject to hydrolysis) is 1. The summed E-state index contributed by atoms with van der Waals surface area (Å²) in [5, 5.41) is 11.4. The molecule has 1 fully saturated rings. The number of nitrogens with zero attached hydrogens (tertiary/aromatic N) is 1. The first-order valence-corrected chi connectivity index (χ1v) is 11.2. The van der Waals surface area contributed by atoms with E-state index in [1.807, 2.05) is 31.2 Å². The lowest BCUT2D eigenvalue weighted by atomic mass is 9.98. The highest BCUT2D eigenvalue weighted by atomic mass is 16.5. The van der Waals surface area contributed by atoms with Crippen LogP contribution in [-0.4, -0.2) is 66.4 Å². The Balaban J connectivity index is 1.33. The van der Waals surface area contributed by atoms with Crippen molar-refractivity contribution in [1.82, 2.24) is 10.2 Å². The van der Waals surface area contributed by atoms with E-state index in [4.69, 9.17) is 14.6 Å². The Hall–Kier alpha value is -3.39. The van der Waals surface area contributed by atoms with E-state index in [0.29, 0.717) is 25.9 Å². The quantitative estimate of drug-likeness (QED) is 0.606. The van der Waals surface area contributed by atoms with Crippen molar-refractivity contribution in [2.75, 3.05) is 26.3 Å². The lowest BCUT2D eigenvalue weighted by molar-refractivity contribution is -0.155. The number of amides is 2. The monoisotopic (exact) mass is 452 g/mol. The van der Waals surface area contributed by atoms with Gasteiger partial charge in [0.25, 0.3) is 0 Å². The summed E-state index contributed by atoms with van der Waals surface area (Å²) >= 11 is 0. The Bertz CT molecular complexity index is 988. The number of carbonyl (C=O) groups excluding carboxylic acids is 2. The summed E-state index contributed by atoms with van der Waals surface area (Å²) in [5.41, 5.74) is 4.55. The molecule has 1 aliphatic carbocycles. The van der Waals surface area contributed by atoms with E-state index in [9.17, 15) is 14.4 Å². The Morgan fingerprint density at radius 3 is 2.24 bits per heavy atom. The lowest BCUT2D eigenvalue weighted by Gasteiger charge is -2.40. The summed E-state index contributed by atoms with van der Waals surface area (Å²) in [7, 11) is 0. The number of hydrogen-bond acceptors (Lipinski definition) is 5. The molecule has 0 aromatic heterocycles. The minimum atomic E-state index is -1.04. The number of carbonyl (C=O) groups is 3. The number of likely N-dealkylation sites (tertiary alicyclic amines) is 1. The molecule has 0 saturated carbocycles. The van der Waals surface area contributed by atoms with Crippen LogP contribution in [0.1, 0.15) is 36.8 Å². The summed E-state index contributed by atoms with van der Waals surface area (Å²) < 4.78 is 10.8. The third-order valence-electron chi connectivity index (χ3n) is 6.11. The molecule has 0 spiro atoms. The van der Waals surface area contributed by atoms with Crippen LogP contribution < -0.4 is 5.32 Å². The summed E-state index contributed by atoms with van der Waals surface area (Å²) in [5.74, 6) is -1.30. The van der Waals surface area contributed by atoms with Crippen LogP contribution in [0.25, 0.3) is 11.1 Å². The zero-order valence-electron chi connectivity index (χ0n) is 18.5. The number of rotatable bonds is 9. The molecule has 0 radical (unpaired) electrons. The van der Waals surface area contributed by atoms with Crippen LogP contribution in [0, 0.1) is 0 Å². The van der Waals surface area contributed by atoms with Gasteiger partial charge in [-0.2, -0.15) is 0 Å². The van der Waals surface area contributed by atoms with E-state index in [2.05, 4.69) is 29.6 Å². The van der Waals surface area contributed by atoms with Crippen LogP contribution in [-0.2, 0) is 19.1 Å². The average molecular weight is 453 g/mol. The van der Waals surface area contributed by atoms with Crippen LogP contribution in [0.2, 0.25) is 0 Å². The van der Waals surface area contributed by atoms with E-state index in [0.717, 1.165) is 22.3 Å². The van der Waals surface area contributed by atoms with Crippen LogP contribution in [0.5, 0.6) is 0 Å². The molecule has 174 valence electrons. The van der Waals surface area contributed by atoms with Crippen molar-refractivity contribution in [2.24, 2.45) is 0 Å². The molecular formula is C25H28N2O6. The second-order valence-electron chi connectivity index (χ2n) is 8.38. The van der Waals surface area contributed by atoms with Crippen molar-refractivity contribution in [3.05, 3.63) is 59.7 Å². The predicted octanol–water partition coefficient (Wildman–Crippen LogP) is 3.01. The van der Waals surface area contributed by atoms with Crippen molar-refractivity contribution in [1.29, 1.82) is 0 Å². The molecule has 33 heavy (non-hydrogen) atoms. The Morgan fingerprint density at radius 2 is 1.67 bits per heavy atom. The molecular weight excluding hydrogens is 424 g/mol. The molecule has 1 saturated heterocycles. The van der Waals surface area contributed by atoms with Gasteiger partial charge in [0.1, 0.15) is 19.3 Å². The molecule has 2 aliphatic rings. The fraction of sp³-hybridized carbons (Fsp3) is 0.400. The van der Waals surface area contributed by atoms with Crippen molar-refractivity contribution in [2.45, 2.75) is 37.8 Å². The van der Waals surface area contributed by atoms with Gasteiger partial charge < -0.3 is 24.8 Å². The number of aliphatic carboxylic acids is 1. The fourth-order valence-electron chi connectivity index (χ4n) is 4.46. The minimum Gasteiger partial charge on any atom is -0.480 e. The first-order chi connectivity index (χ1) is 16.0. The van der Waals surface area contributed by atoms with Crippen molar-refractivity contribution < 1.29 is 29.0 Å². The van der Waals surface area contributed by atoms with Gasteiger partial charge in [-0.25, -0.2) is 9.59 Å². The summed E-state index contributed by atoms with van der Waals surface area (Å²) in [6.07, 6.45) is 0.289. The van der Waals surface area contributed by atoms with Crippen molar-refractivity contribution in [3.8, 4) is 11.1 Å². The third kappa shape index (κ3) is 5.01. The zero-order chi connectivity index (χ0) is 23.4. The topological polar surface area (TPSA) is 105 Å². The van der Waals surface area contributed by atoms with E-state index in [1.165, 1.54) is 0 Å². The molecule has 1 aliphatic heterocycles. The van der Waals surface area contributed by atoms with Crippen LogP contribution >= 0.6 is 0 Å². The molecule has 2 amide bonds. The Kier molecular flexibility index (Phi) is 6.93. The first-order valence-electron chi connectivity index (χ1n) is 11.2. The van der Waals surface area contributed by atoms with Crippen LogP contribution in [0.15, 0.2) is 48.5 Å². The number of benzene rings is 2. The second kappa shape index (κ2) is 10.0. The fourth-order valence-corrected chi connectivity index (χ4v) is 4.46. The van der Waals surface area contributed by atoms with Gasteiger partial charge in [0.15, 0.2) is 0 Å². The summed E-state index contributed by atoms with van der Waals surface area (Å²) in [6.45, 7) is 2.37. The van der Waals surface area contributed by atoms with Gasteiger partial charge in [0, 0.05) is 19.0 Å². The second-order valence-corrected chi connectivity index (χ2v) is 8.38. The maximum absolute atomic E-state index is 12.8. The van der Waals surface area contributed by atoms with Gasteiger partial charge in [0.05, 0.1) is 6.10 Å². The predicted molar refractivity (Wildman–Crippen MR) is 121 cm³/mol. The summed E-state index contributed by atoms with van der Waals surface area (Å²) in [4.78, 5) is 37.6. The van der Waals surface area contributed by atoms with Gasteiger partial charge in [-0.1, -0.05) is 61.9 Å². The van der Waals surface area contributed by atoms with Gasteiger partial charge >= 0.3 is 12.1 Å². The van der Waals surface area contributed by atoms with E-state index in [-0.39, 0.29) is 31.1 Å². The first kappa shape index (κ1) is 22.8. The molecule has 2 aromatic rings. The molecule has 0 bridgehead atoms. The highest BCUT2D eigenvalue weighted by Crippen LogP contribution is 2.44. The van der Waals surface area contributed by atoms with E-state index >= 15 is 0 Å². The molecule has 2 N–H and O–H groups in total. The van der Waals surface area contributed by atoms with Crippen LogP contribution in [0.4, 0.5) is 4.79 Å². The molecule has 8 heteroatoms. The molecule has 0 unspecified atom stereocenters. The third-order valence-corrected chi connectivity index (χ3v) is 6.11. The van der Waals surface area contributed by atoms with E-state index in [1.54, 1.807) is 4.90 Å². The zero-order valence-corrected chi connectivity index (χ0v) is 18.5. The molecule has 8 nitrogen and oxygen atoms in total. The van der Waals surface area contributed by atoms with Crippen LogP contribution in [0.3, 0.4) is 0 Å². The summed E-state index contributed by atoms with van der Waals surface area (Å²) in [6, 6.07) is 15.5. The lowest BCUT2D eigenvalue weighted by Crippen LogP contribution is -2.60. The maximum atomic E-state index is 12.8. The van der Waals surface area contributed by atoms with Crippen molar-refractivity contribution in [3.63, 3.8) is 0 Å². The molecule has 2 aromatic carbocycles. The minimum absolute atomic E-state index is 0.0500. The van der Waals surface area contributed by atoms with Gasteiger partial charge in [-0.3, -0.25) is 4.79 Å². The SMILES string of the molecule is CCC[C@@H](NC(=O)OCC1c2ccccc2-c2ccccc21)C(=O)N1CC(OCC(=O)O)C1. The number of fused-ring (bicyclic) bond motifs is 3. The highest BCUT2D eigenvalue weighted by Gasteiger charge is 2.36. The van der Waals surface area contributed by atoms with E-state index < -0.39 is 18.1 Å². The average Bonchev–Trinajstić information content (AvgIpc) is 3.10. The van der Waals surface area contributed by atoms with Gasteiger partial charge in [0.2, 0.25) is 5.91 Å². The number of carboxylic acids is 1. The largest absolute Gasteiger partial charge is 0.480 e. The number of ether oxygens (including phenoxy) is 2. The van der Waals surface area contributed by atoms with Crippen molar-refractivity contribution >= 4 is 18.0 Å². The van der Waals surface area contributed by atoms with Gasteiger partial charge in [-0.05, 0) is 28.7 Å². The number of hydrogen-bond donors (Lipinski definition) is 2. The molecule has 4 rings (SSSR count). The molecule has 1 atom stereocenters. The normalized spacial score (nSPS) is 15.8. The number of nitrogens with one attached hydrogen (secondary N) is 1.